The fraction of sp³-hybridized carbons (Fsp3) is 0.696. The van der Waals surface area contributed by atoms with E-state index >= 15 is 0 Å². The number of benzene rings is 1. The number of nitrogens with zero attached hydrogens (tertiary/aromatic N) is 1. The number of ether oxygens (including phenoxy) is 1. The van der Waals surface area contributed by atoms with Gasteiger partial charge in [-0.25, -0.2) is 0 Å². The second-order valence-corrected chi connectivity index (χ2v) is 9.11. The van der Waals surface area contributed by atoms with E-state index in [9.17, 15) is 18.0 Å². The number of aliphatic hydroxyl groups excluding tert-OH is 1. The SMILES string of the molecule is CC(=O)N1CCC2(CC1)CC(c1cccc(Cl)c1)CO2.CCC(C)C(CO)C(F)(F)F. The zero-order valence-electron chi connectivity index (χ0n) is 18.4. The molecule has 0 radical (unpaired) electrons. The first-order valence-corrected chi connectivity index (χ1v) is 11.2. The molecule has 0 aromatic heterocycles. The summed E-state index contributed by atoms with van der Waals surface area (Å²) >= 11 is 6.07. The Morgan fingerprint density at radius 3 is 2.45 bits per heavy atom. The molecule has 3 atom stereocenters. The van der Waals surface area contributed by atoms with Crippen LogP contribution in [0.2, 0.25) is 5.02 Å². The summed E-state index contributed by atoms with van der Waals surface area (Å²) in [6, 6.07) is 8.08. The number of hydrogen-bond acceptors (Lipinski definition) is 3. The van der Waals surface area contributed by atoms with E-state index in [1.165, 1.54) is 12.5 Å². The molecular weight excluding hydrogens is 431 g/mol. The van der Waals surface area contributed by atoms with E-state index in [2.05, 4.69) is 6.07 Å². The summed E-state index contributed by atoms with van der Waals surface area (Å²) in [7, 11) is 0. The highest BCUT2D eigenvalue weighted by Crippen LogP contribution is 2.43. The van der Waals surface area contributed by atoms with Crippen molar-refractivity contribution < 1.29 is 27.8 Å². The number of carbonyl (C=O) groups excluding carboxylic acids is 1. The van der Waals surface area contributed by atoms with Gasteiger partial charge in [0.1, 0.15) is 0 Å². The molecule has 1 amide bonds. The van der Waals surface area contributed by atoms with Crippen LogP contribution in [0.25, 0.3) is 0 Å². The van der Waals surface area contributed by atoms with Crippen molar-refractivity contribution in [3.05, 3.63) is 34.9 Å². The van der Waals surface area contributed by atoms with Gasteiger partial charge >= 0.3 is 6.18 Å². The van der Waals surface area contributed by atoms with Crippen LogP contribution in [0.15, 0.2) is 24.3 Å². The van der Waals surface area contributed by atoms with Crippen LogP contribution >= 0.6 is 11.6 Å². The molecule has 176 valence electrons. The summed E-state index contributed by atoms with van der Waals surface area (Å²) in [6.07, 6.45) is -0.888. The molecule has 1 spiro atoms. The molecular formula is C23H33ClF3NO3. The van der Waals surface area contributed by atoms with Gasteiger partial charge in [-0.05, 0) is 42.9 Å². The fourth-order valence-corrected chi connectivity index (χ4v) is 4.49. The van der Waals surface area contributed by atoms with Crippen LogP contribution in [-0.4, -0.2) is 54.0 Å². The third-order valence-corrected chi connectivity index (χ3v) is 6.83. The van der Waals surface area contributed by atoms with E-state index in [0.29, 0.717) is 12.3 Å². The molecule has 0 aliphatic carbocycles. The first-order valence-electron chi connectivity index (χ1n) is 10.8. The summed E-state index contributed by atoms with van der Waals surface area (Å²) in [6.45, 7) is 6.41. The maximum atomic E-state index is 12.0. The van der Waals surface area contributed by atoms with E-state index in [4.69, 9.17) is 21.4 Å². The molecule has 4 nitrogen and oxygen atoms in total. The Balaban J connectivity index is 0.000000267. The second-order valence-electron chi connectivity index (χ2n) is 8.67. The monoisotopic (exact) mass is 463 g/mol. The predicted octanol–water partition coefficient (Wildman–Crippen LogP) is 5.43. The third kappa shape index (κ3) is 7.09. The predicted molar refractivity (Wildman–Crippen MR) is 115 cm³/mol. The van der Waals surface area contributed by atoms with Gasteiger partial charge in [0.05, 0.1) is 24.7 Å². The van der Waals surface area contributed by atoms with E-state index in [-0.39, 0.29) is 11.5 Å². The van der Waals surface area contributed by atoms with Crippen molar-refractivity contribution >= 4 is 17.5 Å². The Morgan fingerprint density at radius 1 is 1.35 bits per heavy atom. The molecule has 2 saturated heterocycles. The van der Waals surface area contributed by atoms with Crippen molar-refractivity contribution in [1.82, 2.24) is 4.90 Å². The lowest BCUT2D eigenvalue weighted by molar-refractivity contribution is -0.197. The van der Waals surface area contributed by atoms with Crippen LogP contribution in [0, 0.1) is 11.8 Å². The molecule has 3 unspecified atom stereocenters. The molecule has 1 aromatic carbocycles. The van der Waals surface area contributed by atoms with Crippen LogP contribution < -0.4 is 0 Å². The van der Waals surface area contributed by atoms with Gasteiger partial charge in [-0.2, -0.15) is 13.2 Å². The lowest BCUT2D eigenvalue weighted by atomic mass is 9.83. The van der Waals surface area contributed by atoms with E-state index < -0.39 is 24.6 Å². The molecule has 0 bridgehead atoms. The van der Waals surface area contributed by atoms with Gasteiger partial charge in [-0.1, -0.05) is 44.0 Å². The minimum Gasteiger partial charge on any atom is -0.396 e. The van der Waals surface area contributed by atoms with Gasteiger partial charge in [0, 0.05) is 31.0 Å². The van der Waals surface area contributed by atoms with Crippen molar-refractivity contribution in [1.29, 1.82) is 0 Å². The molecule has 2 fully saturated rings. The van der Waals surface area contributed by atoms with E-state index in [1.807, 2.05) is 23.1 Å². The molecule has 2 aliphatic heterocycles. The van der Waals surface area contributed by atoms with Crippen molar-refractivity contribution in [2.45, 2.75) is 64.1 Å². The van der Waals surface area contributed by atoms with Crippen LogP contribution in [-0.2, 0) is 9.53 Å². The minimum absolute atomic E-state index is 0.0288. The topological polar surface area (TPSA) is 49.8 Å². The average molecular weight is 464 g/mol. The van der Waals surface area contributed by atoms with Crippen LogP contribution in [0.4, 0.5) is 13.2 Å². The van der Waals surface area contributed by atoms with Gasteiger partial charge in [-0.3, -0.25) is 4.79 Å². The summed E-state index contributed by atoms with van der Waals surface area (Å²) in [4.78, 5) is 13.3. The Morgan fingerprint density at radius 2 is 2.00 bits per heavy atom. The largest absolute Gasteiger partial charge is 0.396 e. The highest BCUT2D eigenvalue weighted by atomic mass is 35.5. The third-order valence-electron chi connectivity index (χ3n) is 6.60. The Kier molecular flexibility index (Phi) is 9.22. The van der Waals surface area contributed by atoms with Crippen molar-refractivity contribution in [3.63, 3.8) is 0 Å². The quantitative estimate of drug-likeness (QED) is 0.647. The molecule has 1 N–H and O–H groups in total. The van der Waals surface area contributed by atoms with Gasteiger partial charge < -0.3 is 14.7 Å². The Bertz CT molecular complexity index is 720. The first-order chi connectivity index (χ1) is 14.5. The normalized spacial score (nSPS) is 22.6. The summed E-state index contributed by atoms with van der Waals surface area (Å²) in [5.74, 6) is -1.46. The number of rotatable bonds is 4. The highest BCUT2D eigenvalue weighted by Gasteiger charge is 2.43. The van der Waals surface area contributed by atoms with Gasteiger partial charge in [0.2, 0.25) is 5.91 Å². The Labute approximate surface area is 187 Å². The first kappa shape index (κ1) is 25.9. The van der Waals surface area contributed by atoms with Crippen molar-refractivity contribution in [2.24, 2.45) is 11.8 Å². The maximum Gasteiger partial charge on any atom is 0.394 e. The number of piperidine rings is 1. The number of amides is 1. The number of likely N-dealkylation sites (tertiary alicyclic amines) is 1. The average Bonchev–Trinajstić information content (AvgIpc) is 3.11. The number of halogens is 4. The lowest BCUT2D eigenvalue weighted by Crippen LogP contribution is -2.45. The summed E-state index contributed by atoms with van der Waals surface area (Å²) in [5.41, 5.74) is 1.24. The summed E-state index contributed by atoms with van der Waals surface area (Å²) < 4.78 is 42.1. The van der Waals surface area contributed by atoms with Crippen molar-refractivity contribution in [3.8, 4) is 0 Å². The van der Waals surface area contributed by atoms with E-state index in [0.717, 1.165) is 44.0 Å². The zero-order valence-corrected chi connectivity index (χ0v) is 19.2. The van der Waals surface area contributed by atoms with Crippen LogP contribution in [0.1, 0.15) is 57.9 Å². The Hall–Kier alpha value is -1.31. The lowest BCUT2D eigenvalue weighted by Gasteiger charge is -2.38. The molecule has 2 aliphatic rings. The smallest absolute Gasteiger partial charge is 0.394 e. The molecule has 3 rings (SSSR count). The van der Waals surface area contributed by atoms with Crippen LogP contribution in [0.5, 0.6) is 0 Å². The maximum absolute atomic E-state index is 12.0. The van der Waals surface area contributed by atoms with Gasteiger partial charge in [0.25, 0.3) is 0 Å². The number of alkyl halides is 3. The highest BCUT2D eigenvalue weighted by molar-refractivity contribution is 6.30. The number of hydrogen-bond donors (Lipinski definition) is 1. The molecule has 31 heavy (non-hydrogen) atoms. The molecule has 0 saturated carbocycles. The second kappa shape index (κ2) is 11.0. The van der Waals surface area contributed by atoms with Gasteiger partial charge in [0.15, 0.2) is 0 Å². The number of carbonyl (C=O) groups is 1. The van der Waals surface area contributed by atoms with E-state index in [1.54, 1.807) is 13.8 Å². The van der Waals surface area contributed by atoms with Crippen molar-refractivity contribution in [2.75, 3.05) is 26.3 Å². The fourth-order valence-electron chi connectivity index (χ4n) is 4.29. The van der Waals surface area contributed by atoms with Gasteiger partial charge in [-0.15, -0.1) is 0 Å². The molecule has 1 aromatic rings. The zero-order chi connectivity index (χ0) is 23.2. The van der Waals surface area contributed by atoms with Crippen LogP contribution in [0.3, 0.4) is 0 Å². The molecule has 8 heteroatoms. The standard InChI is InChI=1S/C16H20ClNO2.C7H13F3O/c1-12(19)18-7-5-16(6-8-18)10-14(11-20-16)13-3-2-4-15(17)9-13;1-3-5(2)6(4-11)7(8,9)10/h2-4,9,14H,5-8,10-11H2,1H3;5-6,11H,3-4H2,1-2H3. The molecule has 2 heterocycles. The summed E-state index contributed by atoms with van der Waals surface area (Å²) in [5, 5.41) is 9.23. The minimum atomic E-state index is -4.26. The number of aliphatic hydroxyl groups is 1.